The molecule has 0 saturated heterocycles. The van der Waals surface area contributed by atoms with E-state index in [-0.39, 0.29) is 11.0 Å². The number of hydrogen-bond donors (Lipinski definition) is 3. The van der Waals surface area contributed by atoms with Crippen molar-refractivity contribution in [2.75, 3.05) is 5.32 Å². The van der Waals surface area contributed by atoms with Crippen molar-refractivity contribution in [2.45, 2.75) is 32.6 Å². The topological polar surface area (TPSA) is 84.2 Å². The molecule has 6 heteroatoms. The van der Waals surface area contributed by atoms with E-state index in [1.165, 1.54) is 18.4 Å². The number of amides is 2. The molecule has 136 valence electrons. The zero-order chi connectivity index (χ0) is 18.9. The molecule has 4 N–H and O–H groups in total. The van der Waals surface area contributed by atoms with Gasteiger partial charge in [-0.15, -0.1) is 0 Å². The Morgan fingerprint density at radius 1 is 0.962 bits per heavy atom. The summed E-state index contributed by atoms with van der Waals surface area (Å²) in [6.07, 6.45) is 4.58. The molecule has 0 spiro atoms. The second-order valence-electron chi connectivity index (χ2n) is 6.00. The second kappa shape index (κ2) is 9.68. The van der Waals surface area contributed by atoms with Crippen molar-refractivity contribution in [3.05, 3.63) is 65.2 Å². The summed E-state index contributed by atoms with van der Waals surface area (Å²) in [5.41, 5.74) is 8.04. The van der Waals surface area contributed by atoms with Crippen molar-refractivity contribution in [2.24, 2.45) is 5.73 Å². The van der Waals surface area contributed by atoms with Gasteiger partial charge in [0.25, 0.3) is 5.91 Å². The highest BCUT2D eigenvalue weighted by molar-refractivity contribution is 7.80. The number of unbranched alkanes of at least 4 members (excludes halogenated alkanes) is 2. The summed E-state index contributed by atoms with van der Waals surface area (Å²) in [6.45, 7) is 2.18. The highest BCUT2D eigenvalue weighted by Gasteiger charge is 2.08. The SMILES string of the molecule is CCCCCc1ccc(C(=O)NC(=S)Nc2ccc(C(N)=O)cc2)cc1. The number of thiocarbonyl (C=S) groups is 1. The van der Waals surface area contributed by atoms with Crippen LogP contribution in [0.25, 0.3) is 0 Å². The van der Waals surface area contributed by atoms with Crippen LogP contribution in [-0.2, 0) is 6.42 Å². The summed E-state index contributed by atoms with van der Waals surface area (Å²) in [5.74, 6) is -0.762. The number of primary amides is 1. The first-order valence-electron chi connectivity index (χ1n) is 8.60. The van der Waals surface area contributed by atoms with E-state index >= 15 is 0 Å². The Bertz CT molecular complexity index is 771. The van der Waals surface area contributed by atoms with E-state index in [4.69, 9.17) is 18.0 Å². The minimum absolute atomic E-state index is 0.189. The zero-order valence-electron chi connectivity index (χ0n) is 14.7. The fourth-order valence-electron chi connectivity index (χ4n) is 2.46. The van der Waals surface area contributed by atoms with Gasteiger partial charge < -0.3 is 11.1 Å². The third kappa shape index (κ3) is 5.97. The van der Waals surface area contributed by atoms with Crippen molar-refractivity contribution in [3.8, 4) is 0 Å². The molecule has 0 saturated carbocycles. The highest BCUT2D eigenvalue weighted by atomic mass is 32.1. The molecule has 0 heterocycles. The Labute approximate surface area is 159 Å². The summed E-state index contributed by atoms with van der Waals surface area (Å²) in [4.78, 5) is 23.3. The highest BCUT2D eigenvalue weighted by Crippen LogP contribution is 2.11. The molecule has 0 unspecified atom stereocenters. The van der Waals surface area contributed by atoms with Gasteiger partial charge >= 0.3 is 0 Å². The van der Waals surface area contributed by atoms with Gasteiger partial charge in [0.05, 0.1) is 0 Å². The summed E-state index contributed by atoms with van der Waals surface area (Å²) >= 11 is 5.16. The maximum atomic E-state index is 12.3. The molecular formula is C20H23N3O2S. The van der Waals surface area contributed by atoms with Gasteiger partial charge in [0.2, 0.25) is 5.91 Å². The number of hydrogen-bond acceptors (Lipinski definition) is 3. The van der Waals surface area contributed by atoms with Crippen molar-refractivity contribution in [3.63, 3.8) is 0 Å². The van der Waals surface area contributed by atoms with E-state index in [0.29, 0.717) is 16.8 Å². The van der Waals surface area contributed by atoms with Crippen LogP contribution >= 0.6 is 12.2 Å². The summed E-state index contributed by atoms with van der Waals surface area (Å²) in [7, 11) is 0. The Balaban J connectivity index is 1.88. The minimum atomic E-state index is -0.495. The molecule has 0 atom stereocenters. The van der Waals surface area contributed by atoms with Crippen LogP contribution in [-0.4, -0.2) is 16.9 Å². The van der Waals surface area contributed by atoms with E-state index < -0.39 is 5.91 Å². The fraction of sp³-hybridized carbons (Fsp3) is 0.250. The number of anilines is 1. The van der Waals surface area contributed by atoms with Crippen molar-refractivity contribution in [1.82, 2.24) is 5.32 Å². The smallest absolute Gasteiger partial charge is 0.257 e. The minimum Gasteiger partial charge on any atom is -0.366 e. The number of rotatable bonds is 7. The molecule has 0 aliphatic rings. The lowest BCUT2D eigenvalue weighted by Gasteiger charge is -2.10. The molecular weight excluding hydrogens is 346 g/mol. The van der Waals surface area contributed by atoms with Crippen LogP contribution < -0.4 is 16.4 Å². The molecule has 0 aromatic heterocycles. The normalized spacial score (nSPS) is 10.2. The first-order valence-corrected chi connectivity index (χ1v) is 9.01. The predicted molar refractivity (Wildman–Crippen MR) is 108 cm³/mol. The number of aryl methyl sites for hydroxylation is 1. The third-order valence-corrected chi connectivity index (χ3v) is 4.14. The van der Waals surface area contributed by atoms with Gasteiger partial charge in [0.1, 0.15) is 0 Å². The molecule has 0 fully saturated rings. The van der Waals surface area contributed by atoms with Gasteiger partial charge in [0, 0.05) is 16.8 Å². The van der Waals surface area contributed by atoms with Gasteiger partial charge in [-0.05, 0) is 67.0 Å². The van der Waals surface area contributed by atoms with Crippen LogP contribution in [0.5, 0.6) is 0 Å². The molecule has 0 radical (unpaired) electrons. The standard InChI is InChI=1S/C20H23N3O2S/c1-2-3-4-5-14-6-8-16(9-7-14)19(25)23-20(26)22-17-12-10-15(11-13-17)18(21)24/h6-13H,2-5H2,1H3,(H2,21,24)(H2,22,23,25,26). The molecule has 0 aliphatic heterocycles. The summed E-state index contributed by atoms with van der Waals surface area (Å²) in [5, 5.41) is 5.73. The lowest BCUT2D eigenvalue weighted by atomic mass is 10.1. The number of benzene rings is 2. The van der Waals surface area contributed by atoms with Crippen LogP contribution in [0.3, 0.4) is 0 Å². The van der Waals surface area contributed by atoms with Gasteiger partial charge in [-0.1, -0.05) is 31.9 Å². The molecule has 2 rings (SSSR count). The van der Waals surface area contributed by atoms with Crippen molar-refractivity contribution < 1.29 is 9.59 Å². The Kier molecular flexibility index (Phi) is 7.29. The molecule has 2 aromatic rings. The lowest BCUT2D eigenvalue weighted by molar-refractivity contribution is 0.0975. The number of nitrogens with one attached hydrogen (secondary N) is 2. The average Bonchev–Trinajstić information content (AvgIpc) is 2.62. The Hall–Kier alpha value is -2.73. The molecule has 5 nitrogen and oxygen atoms in total. The van der Waals surface area contributed by atoms with Crippen LogP contribution in [0.4, 0.5) is 5.69 Å². The molecule has 2 aromatic carbocycles. The van der Waals surface area contributed by atoms with Crippen molar-refractivity contribution >= 4 is 34.8 Å². The summed E-state index contributed by atoms with van der Waals surface area (Å²) in [6, 6.07) is 14.1. The van der Waals surface area contributed by atoms with Crippen LogP contribution in [0, 0.1) is 0 Å². The van der Waals surface area contributed by atoms with E-state index in [1.54, 1.807) is 36.4 Å². The fourth-order valence-corrected chi connectivity index (χ4v) is 2.67. The van der Waals surface area contributed by atoms with Gasteiger partial charge in [-0.2, -0.15) is 0 Å². The average molecular weight is 369 g/mol. The molecule has 0 aliphatic carbocycles. The largest absolute Gasteiger partial charge is 0.366 e. The monoisotopic (exact) mass is 369 g/mol. The zero-order valence-corrected chi connectivity index (χ0v) is 15.6. The quantitative estimate of drug-likeness (QED) is 0.514. The van der Waals surface area contributed by atoms with E-state index in [2.05, 4.69) is 17.6 Å². The molecule has 2 amide bonds. The van der Waals surface area contributed by atoms with Gasteiger partial charge in [-0.3, -0.25) is 14.9 Å². The van der Waals surface area contributed by atoms with Crippen LogP contribution in [0.15, 0.2) is 48.5 Å². The van der Waals surface area contributed by atoms with Crippen LogP contribution in [0.2, 0.25) is 0 Å². The number of nitrogens with two attached hydrogens (primary N) is 1. The van der Waals surface area contributed by atoms with Gasteiger partial charge in [0.15, 0.2) is 5.11 Å². The predicted octanol–water partition coefficient (Wildman–Crippen LogP) is 3.65. The molecule has 26 heavy (non-hydrogen) atoms. The summed E-state index contributed by atoms with van der Waals surface area (Å²) < 4.78 is 0. The molecule has 0 bridgehead atoms. The van der Waals surface area contributed by atoms with E-state index in [0.717, 1.165) is 12.8 Å². The first-order chi connectivity index (χ1) is 12.5. The third-order valence-electron chi connectivity index (χ3n) is 3.94. The Morgan fingerprint density at radius 2 is 1.58 bits per heavy atom. The van der Waals surface area contributed by atoms with Crippen LogP contribution in [0.1, 0.15) is 52.5 Å². The van der Waals surface area contributed by atoms with E-state index in [9.17, 15) is 9.59 Å². The second-order valence-corrected chi connectivity index (χ2v) is 6.41. The first kappa shape index (κ1) is 19.6. The maximum absolute atomic E-state index is 12.3. The van der Waals surface area contributed by atoms with Gasteiger partial charge in [-0.25, -0.2) is 0 Å². The Morgan fingerprint density at radius 3 is 2.15 bits per heavy atom. The number of carbonyl (C=O) groups excluding carboxylic acids is 2. The maximum Gasteiger partial charge on any atom is 0.257 e. The van der Waals surface area contributed by atoms with Crippen molar-refractivity contribution in [1.29, 1.82) is 0 Å². The lowest BCUT2D eigenvalue weighted by Crippen LogP contribution is -2.34. The van der Waals surface area contributed by atoms with E-state index in [1.807, 2.05) is 12.1 Å². The number of carbonyl (C=O) groups is 2.